The van der Waals surface area contributed by atoms with Gasteiger partial charge in [0.25, 0.3) is 5.91 Å². The average Bonchev–Trinajstić information content (AvgIpc) is 3.05. The fraction of sp³-hybridized carbons (Fsp3) is 0.250. The van der Waals surface area contributed by atoms with Crippen LogP contribution in [-0.4, -0.2) is 47.7 Å². The van der Waals surface area contributed by atoms with Crippen molar-refractivity contribution >= 4 is 23.2 Å². The molecule has 7 heteroatoms. The Hall–Kier alpha value is -2.25. The number of benzene rings is 1. The molecular weight excluding hydrogens is 321 g/mol. The summed E-state index contributed by atoms with van der Waals surface area (Å²) in [5.41, 5.74) is 0.834. The minimum atomic E-state index is -1.07. The summed E-state index contributed by atoms with van der Waals surface area (Å²) >= 11 is 1.30. The number of rotatable bonds is 3. The largest absolute Gasteiger partial charge is 0.479 e. The van der Waals surface area contributed by atoms with Crippen LogP contribution in [0.3, 0.4) is 0 Å². The third kappa shape index (κ3) is 3.40. The first-order valence-corrected chi connectivity index (χ1v) is 7.85. The average molecular weight is 335 g/mol. The molecule has 3 rings (SSSR count). The number of thiophene rings is 1. The summed E-state index contributed by atoms with van der Waals surface area (Å²) in [6.45, 7) is 0.614. The third-order valence-corrected chi connectivity index (χ3v) is 4.70. The van der Waals surface area contributed by atoms with E-state index in [0.717, 1.165) is 10.4 Å². The second kappa shape index (κ2) is 6.47. The van der Waals surface area contributed by atoms with E-state index >= 15 is 0 Å². The quantitative estimate of drug-likeness (QED) is 0.936. The highest BCUT2D eigenvalue weighted by atomic mass is 32.1. The van der Waals surface area contributed by atoms with Crippen LogP contribution in [0, 0.1) is 5.82 Å². The van der Waals surface area contributed by atoms with E-state index in [1.165, 1.54) is 28.4 Å². The van der Waals surface area contributed by atoms with Gasteiger partial charge in [0.05, 0.1) is 18.0 Å². The minimum absolute atomic E-state index is 0.0396. The first-order valence-electron chi connectivity index (χ1n) is 7.04. The molecule has 0 aliphatic carbocycles. The molecule has 1 fully saturated rings. The Morgan fingerprint density at radius 3 is 2.65 bits per heavy atom. The summed E-state index contributed by atoms with van der Waals surface area (Å²) in [6.07, 6.45) is -0.982. The van der Waals surface area contributed by atoms with E-state index in [4.69, 9.17) is 9.84 Å². The molecule has 1 aliphatic rings. The van der Waals surface area contributed by atoms with Gasteiger partial charge in [-0.3, -0.25) is 4.79 Å². The maximum absolute atomic E-state index is 13.0. The number of hydrogen-bond acceptors (Lipinski definition) is 4. The van der Waals surface area contributed by atoms with E-state index < -0.39 is 12.1 Å². The molecule has 120 valence electrons. The van der Waals surface area contributed by atoms with Gasteiger partial charge in [-0.15, -0.1) is 11.3 Å². The van der Waals surface area contributed by atoms with Crippen molar-refractivity contribution in [2.24, 2.45) is 0 Å². The lowest BCUT2D eigenvalue weighted by atomic mass is 10.2. The standard InChI is InChI=1S/C16H14FNO4S/c17-11-3-1-10(2-4-11)13-5-6-14(23-13)15(19)18-7-8-22-12(9-18)16(20)21/h1-6,12H,7-9H2,(H,20,21)/t12-/m0/s1. The van der Waals surface area contributed by atoms with E-state index in [9.17, 15) is 14.0 Å². The number of carboxylic acids is 1. The minimum Gasteiger partial charge on any atom is -0.479 e. The number of halogens is 1. The van der Waals surface area contributed by atoms with Crippen LogP contribution in [0.2, 0.25) is 0 Å². The van der Waals surface area contributed by atoms with Gasteiger partial charge in [-0.1, -0.05) is 12.1 Å². The zero-order chi connectivity index (χ0) is 16.4. The summed E-state index contributed by atoms with van der Waals surface area (Å²) < 4.78 is 18.1. The lowest BCUT2D eigenvalue weighted by molar-refractivity contribution is -0.154. The van der Waals surface area contributed by atoms with Gasteiger partial charge < -0.3 is 14.7 Å². The number of morpholine rings is 1. The summed E-state index contributed by atoms with van der Waals surface area (Å²) in [5, 5.41) is 8.99. The predicted molar refractivity (Wildman–Crippen MR) is 83.0 cm³/mol. The second-order valence-corrected chi connectivity index (χ2v) is 6.20. The van der Waals surface area contributed by atoms with Crippen LogP contribution in [0.5, 0.6) is 0 Å². The number of hydrogen-bond donors (Lipinski definition) is 1. The number of aliphatic carboxylic acids is 1. The van der Waals surface area contributed by atoms with Crippen LogP contribution < -0.4 is 0 Å². The maximum Gasteiger partial charge on any atom is 0.334 e. The van der Waals surface area contributed by atoms with Crippen LogP contribution in [0.4, 0.5) is 4.39 Å². The van der Waals surface area contributed by atoms with Crippen molar-refractivity contribution in [2.75, 3.05) is 19.7 Å². The highest BCUT2D eigenvalue weighted by Gasteiger charge is 2.30. The van der Waals surface area contributed by atoms with Gasteiger partial charge in [0.15, 0.2) is 6.10 Å². The van der Waals surface area contributed by atoms with Crippen LogP contribution in [0.25, 0.3) is 10.4 Å². The van der Waals surface area contributed by atoms with E-state index in [1.807, 2.05) is 0 Å². The topological polar surface area (TPSA) is 66.8 Å². The molecule has 1 aliphatic heterocycles. The van der Waals surface area contributed by atoms with Crippen molar-refractivity contribution in [3.8, 4) is 10.4 Å². The monoisotopic (exact) mass is 335 g/mol. The van der Waals surface area contributed by atoms with E-state index in [-0.39, 0.29) is 24.9 Å². The second-order valence-electron chi connectivity index (χ2n) is 5.12. The number of carbonyl (C=O) groups excluding carboxylic acids is 1. The smallest absolute Gasteiger partial charge is 0.334 e. The molecule has 0 bridgehead atoms. The fourth-order valence-electron chi connectivity index (χ4n) is 2.36. The van der Waals surface area contributed by atoms with Gasteiger partial charge in [-0.2, -0.15) is 0 Å². The molecule has 0 unspecified atom stereocenters. The van der Waals surface area contributed by atoms with Crippen LogP contribution in [0.15, 0.2) is 36.4 Å². The Kier molecular flexibility index (Phi) is 4.40. The SMILES string of the molecule is O=C(O)[C@@H]1CN(C(=O)c2ccc(-c3ccc(F)cc3)s2)CCO1. The van der Waals surface area contributed by atoms with Gasteiger partial charge in [0.2, 0.25) is 0 Å². The van der Waals surface area contributed by atoms with Gasteiger partial charge >= 0.3 is 5.97 Å². The van der Waals surface area contributed by atoms with Crippen LogP contribution in [-0.2, 0) is 9.53 Å². The molecule has 1 atom stereocenters. The molecule has 1 amide bonds. The Balaban J connectivity index is 1.75. The highest BCUT2D eigenvalue weighted by Crippen LogP contribution is 2.29. The molecule has 2 heterocycles. The highest BCUT2D eigenvalue weighted by molar-refractivity contribution is 7.17. The van der Waals surface area contributed by atoms with Crippen molar-refractivity contribution in [1.82, 2.24) is 4.90 Å². The maximum atomic E-state index is 13.0. The number of carbonyl (C=O) groups is 2. The molecule has 1 aromatic carbocycles. The zero-order valence-electron chi connectivity index (χ0n) is 12.1. The van der Waals surface area contributed by atoms with Gasteiger partial charge in [-0.05, 0) is 29.8 Å². The van der Waals surface area contributed by atoms with Gasteiger partial charge in [-0.25, -0.2) is 9.18 Å². The normalized spacial score (nSPS) is 18.0. The van der Waals surface area contributed by atoms with Crippen molar-refractivity contribution in [3.63, 3.8) is 0 Å². The third-order valence-electron chi connectivity index (χ3n) is 3.57. The molecule has 0 radical (unpaired) electrons. The van der Waals surface area contributed by atoms with Gasteiger partial charge in [0, 0.05) is 11.4 Å². The predicted octanol–water partition coefficient (Wildman–Crippen LogP) is 2.48. The summed E-state index contributed by atoms with van der Waals surface area (Å²) in [7, 11) is 0. The molecule has 23 heavy (non-hydrogen) atoms. The van der Waals surface area contributed by atoms with E-state index in [1.54, 1.807) is 24.3 Å². The fourth-order valence-corrected chi connectivity index (χ4v) is 3.34. The number of amides is 1. The number of ether oxygens (including phenoxy) is 1. The number of nitrogens with zero attached hydrogens (tertiary/aromatic N) is 1. The summed E-state index contributed by atoms with van der Waals surface area (Å²) in [6, 6.07) is 9.57. The molecular formula is C16H14FNO4S. The lowest BCUT2D eigenvalue weighted by Gasteiger charge is -2.30. The molecule has 0 saturated carbocycles. The Morgan fingerprint density at radius 1 is 1.22 bits per heavy atom. The summed E-state index contributed by atoms with van der Waals surface area (Å²) in [5.74, 6) is -1.59. The number of carboxylic acid groups (broad SMARTS) is 1. The Morgan fingerprint density at radius 2 is 1.96 bits per heavy atom. The molecule has 0 spiro atoms. The van der Waals surface area contributed by atoms with E-state index in [2.05, 4.69) is 0 Å². The Bertz CT molecular complexity index is 728. The molecule has 1 saturated heterocycles. The van der Waals surface area contributed by atoms with Crippen LogP contribution >= 0.6 is 11.3 Å². The van der Waals surface area contributed by atoms with Crippen molar-refractivity contribution in [3.05, 3.63) is 47.1 Å². The Labute approximate surface area is 135 Å². The first kappa shape index (κ1) is 15.6. The van der Waals surface area contributed by atoms with E-state index in [0.29, 0.717) is 11.4 Å². The first-order chi connectivity index (χ1) is 11.0. The van der Waals surface area contributed by atoms with Gasteiger partial charge in [0.1, 0.15) is 5.82 Å². The molecule has 1 aromatic heterocycles. The molecule has 2 aromatic rings. The van der Waals surface area contributed by atoms with Crippen molar-refractivity contribution in [2.45, 2.75) is 6.10 Å². The zero-order valence-corrected chi connectivity index (χ0v) is 12.9. The van der Waals surface area contributed by atoms with Crippen molar-refractivity contribution < 1.29 is 23.8 Å². The molecule has 1 N–H and O–H groups in total. The molecule has 5 nitrogen and oxygen atoms in total. The summed E-state index contributed by atoms with van der Waals surface area (Å²) in [4.78, 5) is 26.3. The van der Waals surface area contributed by atoms with Crippen molar-refractivity contribution in [1.29, 1.82) is 0 Å². The lowest BCUT2D eigenvalue weighted by Crippen LogP contribution is -2.48. The van der Waals surface area contributed by atoms with Crippen LogP contribution in [0.1, 0.15) is 9.67 Å².